The minimum absolute atomic E-state index is 0. The van der Waals surface area contributed by atoms with Gasteiger partial charge >= 0.3 is 0 Å². The highest BCUT2D eigenvalue weighted by molar-refractivity contribution is 6.29. The van der Waals surface area contributed by atoms with E-state index in [4.69, 9.17) is 21.1 Å². The summed E-state index contributed by atoms with van der Waals surface area (Å²) in [6.07, 6.45) is 1.68. The summed E-state index contributed by atoms with van der Waals surface area (Å²) in [6, 6.07) is 15.7. The van der Waals surface area contributed by atoms with Crippen LogP contribution in [0.5, 0.6) is 11.5 Å². The number of nitro groups is 1. The molecule has 0 aliphatic rings. The number of benzene rings is 2. The van der Waals surface area contributed by atoms with Gasteiger partial charge in [-0.2, -0.15) is 0 Å². The molecule has 170 valence electrons. The molecule has 2 N–H and O–H groups in total. The fourth-order valence-corrected chi connectivity index (χ4v) is 2.93. The molecule has 32 heavy (non-hydrogen) atoms. The van der Waals surface area contributed by atoms with E-state index >= 15 is 0 Å². The Bertz CT molecular complexity index is 1000. The van der Waals surface area contributed by atoms with Crippen LogP contribution in [0.4, 0.5) is 11.4 Å². The molecule has 2 aromatic carbocycles. The van der Waals surface area contributed by atoms with Crippen molar-refractivity contribution < 1.29 is 14.4 Å². The van der Waals surface area contributed by atoms with Crippen LogP contribution in [0.15, 0.2) is 60.8 Å². The lowest BCUT2D eigenvalue weighted by molar-refractivity contribution is -0.384. The van der Waals surface area contributed by atoms with Gasteiger partial charge in [0, 0.05) is 49.2 Å². The highest BCUT2D eigenvalue weighted by Gasteiger charge is 2.07. The highest BCUT2D eigenvalue weighted by atomic mass is 35.5. The number of rotatable bonds is 11. The van der Waals surface area contributed by atoms with Crippen molar-refractivity contribution in [3.63, 3.8) is 0 Å². The van der Waals surface area contributed by atoms with Gasteiger partial charge in [-0.25, -0.2) is 4.98 Å². The summed E-state index contributed by atoms with van der Waals surface area (Å²) in [7, 11) is 1.61. The molecule has 8 nitrogen and oxygen atoms in total. The Balaban J connectivity index is 0.00000363. The number of nitrogens with one attached hydrogen (secondary N) is 2. The molecule has 10 heteroatoms. The van der Waals surface area contributed by atoms with Crippen molar-refractivity contribution in [2.75, 3.05) is 25.5 Å². The van der Waals surface area contributed by atoms with Gasteiger partial charge in [0.15, 0.2) is 11.5 Å². The van der Waals surface area contributed by atoms with Gasteiger partial charge in [-0.1, -0.05) is 23.7 Å². The Morgan fingerprint density at radius 1 is 1.03 bits per heavy atom. The molecule has 1 aromatic heterocycles. The lowest BCUT2D eigenvalue weighted by Gasteiger charge is -2.13. The van der Waals surface area contributed by atoms with Crippen LogP contribution in [0.2, 0.25) is 5.15 Å². The molecule has 0 radical (unpaired) electrons. The number of methoxy groups -OCH3 is 1. The van der Waals surface area contributed by atoms with Crippen LogP contribution in [-0.2, 0) is 13.2 Å². The molecule has 0 aliphatic heterocycles. The van der Waals surface area contributed by atoms with Gasteiger partial charge in [-0.3, -0.25) is 10.1 Å². The number of halogens is 2. The third-order valence-corrected chi connectivity index (χ3v) is 4.67. The van der Waals surface area contributed by atoms with Gasteiger partial charge in [0.1, 0.15) is 11.8 Å². The number of non-ortho nitro benzene ring substituents is 1. The van der Waals surface area contributed by atoms with Crippen molar-refractivity contribution in [2.45, 2.75) is 13.2 Å². The van der Waals surface area contributed by atoms with Gasteiger partial charge in [0.25, 0.3) is 5.69 Å². The summed E-state index contributed by atoms with van der Waals surface area (Å²) in [5.41, 5.74) is 2.90. The van der Waals surface area contributed by atoms with Crippen LogP contribution < -0.4 is 20.1 Å². The zero-order valence-corrected chi connectivity index (χ0v) is 19.0. The lowest BCUT2D eigenvalue weighted by atomic mass is 10.2. The van der Waals surface area contributed by atoms with E-state index in [1.165, 1.54) is 12.1 Å². The lowest BCUT2D eigenvalue weighted by Crippen LogP contribution is -2.21. The fraction of sp³-hybridized carbons (Fsp3) is 0.227. The topological polar surface area (TPSA) is 98.5 Å². The predicted molar refractivity (Wildman–Crippen MR) is 127 cm³/mol. The number of nitro benzene ring substituents is 1. The van der Waals surface area contributed by atoms with Crippen LogP contribution in [0.1, 0.15) is 11.1 Å². The molecule has 0 fully saturated rings. The third-order valence-electron chi connectivity index (χ3n) is 4.45. The second kappa shape index (κ2) is 12.7. The van der Waals surface area contributed by atoms with E-state index in [9.17, 15) is 10.1 Å². The molecule has 0 atom stereocenters. The molecule has 0 amide bonds. The van der Waals surface area contributed by atoms with Gasteiger partial charge in [0.05, 0.1) is 12.0 Å². The number of anilines is 1. The summed E-state index contributed by atoms with van der Waals surface area (Å²) in [6.45, 7) is 2.44. The number of aromatic nitrogens is 1. The number of hydrogen-bond acceptors (Lipinski definition) is 7. The number of nitrogens with zero attached hydrogens (tertiary/aromatic N) is 2. The van der Waals surface area contributed by atoms with E-state index in [0.717, 1.165) is 23.4 Å². The largest absolute Gasteiger partial charge is 0.493 e. The molecule has 3 aromatic rings. The molecule has 1 heterocycles. The third kappa shape index (κ3) is 7.56. The number of pyridine rings is 1. The average molecular weight is 479 g/mol. The first-order chi connectivity index (χ1) is 15.0. The minimum atomic E-state index is -0.412. The Hall–Kier alpha value is -3.07. The van der Waals surface area contributed by atoms with Crippen LogP contribution in [0, 0.1) is 10.1 Å². The molecule has 0 spiro atoms. The number of ether oxygens (including phenoxy) is 2. The van der Waals surface area contributed by atoms with Gasteiger partial charge in [0.2, 0.25) is 0 Å². The van der Waals surface area contributed by atoms with Gasteiger partial charge < -0.3 is 20.1 Å². The summed E-state index contributed by atoms with van der Waals surface area (Å²) >= 11 is 5.80. The van der Waals surface area contributed by atoms with E-state index in [0.29, 0.717) is 36.3 Å². The van der Waals surface area contributed by atoms with Crippen LogP contribution in [-0.4, -0.2) is 30.1 Å². The summed E-state index contributed by atoms with van der Waals surface area (Å²) in [4.78, 5) is 14.3. The molecule has 0 bridgehead atoms. The summed E-state index contributed by atoms with van der Waals surface area (Å²) < 4.78 is 11.3. The van der Waals surface area contributed by atoms with E-state index in [-0.39, 0.29) is 18.1 Å². The van der Waals surface area contributed by atoms with E-state index in [2.05, 4.69) is 15.6 Å². The highest BCUT2D eigenvalue weighted by Crippen LogP contribution is 2.29. The SMILES string of the molecule is COc1cc(CNCCNc2ccc([N+](=O)[O-])cc2)ccc1OCc1ccc(Cl)nc1.Cl. The van der Waals surface area contributed by atoms with Crippen molar-refractivity contribution in [3.05, 3.63) is 87.2 Å². The molecule has 0 saturated carbocycles. The van der Waals surface area contributed by atoms with Crippen molar-refractivity contribution in [1.29, 1.82) is 0 Å². The maximum Gasteiger partial charge on any atom is 0.269 e. The van der Waals surface area contributed by atoms with E-state index in [1.807, 2.05) is 24.3 Å². The summed E-state index contributed by atoms with van der Waals surface area (Å²) in [5, 5.41) is 17.7. The molecule has 0 unspecified atom stereocenters. The maximum absolute atomic E-state index is 10.7. The van der Waals surface area contributed by atoms with Crippen molar-refractivity contribution >= 4 is 35.4 Å². The predicted octanol–water partition coefficient (Wildman–Crippen LogP) is 4.85. The Kier molecular flexibility index (Phi) is 10.0. The molecule has 0 saturated heterocycles. The zero-order chi connectivity index (χ0) is 22.1. The fourth-order valence-electron chi connectivity index (χ4n) is 2.82. The smallest absolute Gasteiger partial charge is 0.269 e. The van der Waals surface area contributed by atoms with Gasteiger partial charge in [-0.15, -0.1) is 12.4 Å². The summed E-state index contributed by atoms with van der Waals surface area (Å²) in [5.74, 6) is 1.31. The standard InChI is InChI=1S/C22H23ClN4O4.ClH/c1-30-21-12-16(2-8-20(21)31-15-17-3-9-22(23)26-14-17)13-24-10-11-25-18-4-6-19(7-5-18)27(28)29;/h2-9,12,14,24-25H,10-11,13,15H2,1H3;1H. The van der Waals surface area contributed by atoms with Crippen molar-refractivity contribution in [1.82, 2.24) is 10.3 Å². The second-order valence-electron chi connectivity index (χ2n) is 6.67. The monoisotopic (exact) mass is 478 g/mol. The Morgan fingerprint density at radius 3 is 2.44 bits per heavy atom. The van der Waals surface area contributed by atoms with Crippen molar-refractivity contribution in [2.24, 2.45) is 0 Å². The van der Waals surface area contributed by atoms with Crippen LogP contribution in [0.3, 0.4) is 0 Å². The minimum Gasteiger partial charge on any atom is -0.493 e. The van der Waals surface area contributed by atoms with Crippen molar-refractivity contribution in [3.8, 4) is 11.5 Å². The Labute approximate surface area is 197 Å². The van der Waals surface area contributed by atoms with E-state index < -0.39 is 4.92 Å². The Morgan fingerprint density at radius 2 is 1.78 bits per heavy atom. The maximum atomic E-state index is 10.7. The quantitative estimate of drug-likeness (QED) is 0.176. The van der Waals surface area contributed by atoms with Crippen LogP contribution in [0.25, 0.3) is 0 Å². The molecule has 0 aliphatic carbocycles. The van der Waals surface area contributed by atoms with E-state index in [1.54, 1.807) is 31.5 Å². The first kappa shape index (κ1) is 25.2. The molecule has 3 rings (SSSR count). The zero-order valence-electron chi connectivity index (χ0n) is 17.4. The first-order valence-corrected chi connectivity index (χ1v) is 10.0. The normalized spacial score (nSPS) is 10.2. The number of hydrogen-bond donors (Lipinski definition) is 2. The average Bonchev–Trinajstić information content (AvgIpc) is 2.79. The second-order valence-corrected chi connectivity index (χ2v) is 7.06. The molecular weight excluding hydrogens is 455 g/mol. The first-order valence-electron chi connectivity index (χ1n) is 9.64. The molecular formula is C22H24Cl2N4O4. The van der Waals surface area contributed by atoms with Gasteiger partial charge in [-0.05, 0) is 35.9 Å². The van der Waals surface area contributed by atoms with Crippen LogP contribution >= 0.6 is 24.0 Å².